The highest BCUT2D eigenvalue weighted by Gasteiger charge is 2.39. The SMILES string of the molecule is O=C(C1CCS(=O)(=O)CC1)N1CCN(c2ccc(C(F)(F)F)cn2)CC1c1ccc(F)cc1F. The van der Waals surface area contributed by atoms with Gasteiger partial charge in [-0.1, -0.05) is 6.07 Å². The molecular formula is C22H22F5N3O3S. The highest BCUT2D eigenvalue weighted by molar-refractivity contribution is 7.91. The van der Waals surface area contributed by atoms with Crippen LogP contribution in [0.1, 0.15) is 30.0 Å². The molecule has 0 bridgehead atoms. The molecule has 34 heavy (non-hydrogen) atoms. The van der Waals surface area contributed by atoms with E-state index in [1.807, 2.05) is 0 Å². The number of carbonyl (C=O) groups is 1. The molecule has 0 saturated carbocycles. The first-order valence-corrected chi connectivity index (χ1v) is 12.5. The molecule has 1 atom stereocenters. The van der Waals surface area contributed by atoms with Gasteiger partial charge in [0, 0.05) is 43.4 Å². The number of hydrogen-bond donors (Lipinski definition) is 0. The molecule has 2 fully saturated rings. The van der Waals surface area contributed by atoms with Crippen LogP contribution in [0.2, 0.25) is 0 Å². The van der Waals surface area contributed by atoms with Gasteiger partial charge in [-0.3, -0.25) is 4.79 Å². The van der Waals surface area contributed by atoms with Gasteiger partial charge >= 0.3 is 6.18 Å². The van der Waals surface area contributed by atoms with Crippen molar-refractivity contribution >= 4 is 21.6 Å². The Labute approximate surface area is 193 Å². The van der Waals surface area contributed by atoms with Crippen LogP contribution in [0.5, 0.6) is 0 Å². The molecule has 0 spiro atoms. The molecule has 184 valence electrons. The van der Waals surface area contributed by atoms with Gasteiger partial charge in [-0.05, 0) is 31.0 Å². The van der Waals surface area contributed by atoms with Crippen LogP contribution in [0.25, 0.3) is 0 Å². The fourth-order valence-corrected chi connectivity index (χ4v) is 5.90. The number of alkyl halides is 3. The van der Waals surface area contributed by atoms with Gasteiger partial charge < -0.3 is 9.80 Å². The van der Waals surface area contributed by atoms with Gasteiger partial charge in [0.25, 0.3) is 0 Å². The summed E-state index contributed by atoms with van der Waals surface area (Å²) in [4.78, 5) is 20.3. The minimum atomic E-state index is -4.54. The van der Waals surface area contributed by atoms with Gasteiger partial charge in [0.15, 0.2) is 0 Å². The number of carbonyl (C=O) groups excluding carboxylic acids is 1. The Kier molecular flexibility index (Phi) is 6.54. The number of benzene rings is 1. The Balaban J connectivity index is 1.61. The van der Waals surface area contributed by atoms with E-state index in [-0.39, 0.29) is 61.3 Å². The number of sulfone groups is 1. The summed E-state index contributed by atoms with van der Waals surface area (Å²) < 4.78 is 90.4. The molecule has 1 unspecified atom stereocenters. The highest BCUT2D eigenvalue weighted by atomic mass is 32.2. The molecule has 1 aromatic carbocycles. The summed E-state index contributed by atoms with van der Waals surface area (Å²) in [6.07, 6.45) is -3.49. The van der Waals surface area contributed by atoms with Crippen molar-refractivity contribution < 1.29 is 35.2 Å². The predicted octanol–water partition coefficient (Wildman–Crippen LogP) is 3.59. The smallest absolute Gasteiger partial charge is 0.352 e. The highest BCUT2D eigenvalue weighted by Crippen LogP contribution is 2.34. The molecule has 2 aliphatic rings. The lowest BCUT2D eigenvalue weighted by molar-refractivity contribution is -0.139. The van der Waals surface area contributed by atoms with Crippen molar-refractivity contribution in [1.82, 2.24) is 9.88 Å². The minimum absolute atomic E-state index is 0.0255. The lowest BCUT2D eigenvalue weighted by atomic mass is 9.96. The summed E-state index contributed by atoms with van der Waals surface area (Å²) in [5.74, 6) is -2.46. The largest absolute Gasteiger partial charge is 0.417 e. The zero-order valence-electron chi connectivity index (χ0n) is 17.9. The van der Waals surface area contributed by atoms with Crippen LogP contribution in [0.4, 0.5) is 27.8 Å². The van der Waals surface area contributed by atoms with E-state index in [0.29, 0.717) is 12.3 Å². The van der Waals surface area contributed by atoms with E-state index >= 15 is 0 Å². The standard InChI is InChI=1S/C22H22F5N3O3S/c23-16-2-3-17(18(24)11-16)19-13-29(20-4-1-15(12-28-20)22(25,26)27)7-8-30(19)21(31)14-5-9-34(32,33)10-6-14/h1-4,11-12,14,19H,5-10,13H2. The number of nitrogens with zero attached hydrogens (tertiary/aromatic N) is 3. The summed E-state index contributed by atoms with van der Waals surface area (Å²) in [7, 11) is -3.18. The Bertz CT molecular complexity index is 1160. The molecule has 12 heteroatoms. The second-order valence-electron chi connectivity index (χ2n) is 8.49. The van der Waals surface area contributed by atoms with Crippen molar-refractivity contribution in [2.45, 2.75) is 25.1 Å². The predicted molar refractivity (Wildman–Crippen MR) is 114 cm³/mol. The maximum absolute atomic E-state index is 14.7. The lowest BCUT2D eigenvalue weighted by Gasteiger charge is -2.43. The van der Waals surface area contributed by atoms with Crippen LogP contribution < -0.4 is 4.90 Å². The number of halogens is 5. The molecule has 2 saturated heterocycles. The fraction of sp³-hybridized carbons (Fsp3) is 0.455. The maximum atomic E-state index is 14.7. The van der Waals surface area contributed by atoms with E-state index in [4.69, 9.17) is 0 Å². The number of pyridine rings is 1. The second kappa shape index (κ2) is 9.12. The van der Waals surface area contributed by atoms with Crippen LogP contribution in [0.15, 0.2) is 36.5 Å². The topological polar surface area (TPSA) is 70.6 Å². The molecule has 2 aromatic rings. The minimum Gasteiger partial charge on any atom is -0.352 e. The van der Waals surface area contributed by atoms with Crippen LogP contribution in [-0.4, -0.2) is 55.3 Å². The van der Waals surface area contributed by atoms with Crippen molar-refractivity contribution in [2.24, 2.45) is 5.92 Å². The third-order valence-corrected chi connectivity index (χ3v) is 8.00. The fourth-order valence-electron chi connectivity index (χ4n) is 4.41. The normalized spacial score (nSPS) is 21.5. The Hall–Kier alpha value is -2.76. The van der Waals surface area contributed by atoms with Gasteiger partial charge in [0.1, 0.15) is 27.3 Å². The Morgan fingerprint density at radius 3 is 2.32 bits per heavy atom. The zero-order valence-corrected chi connectivity index (χ0v) is 18.7. The number of aromatic nitrogens is 1. The van der Waals surface area contributed by atoms with Gasteiger partial charge in [0.2, 0.25) is 5.91 Å². The maximum Gasteiger partial charge on any atom is 0.417 e. The molecule has 1 aromatic heterocycles. The van der Waals surface area contributed by atoms with Crippen LogP contribution in [0.3, 0.4) is 0 Å². The van der Waals surface area contributed by atoms with E-state index in [1.54, 1.807) is 4.90 Å². The first-order valence-electron chi connectivity index (χ1n) is 10.7. The average Bonchev–Trinajstić information content (AvgIpc) is 2.78. The molecule has 6 nitrogen and oxygen atoms in total. The molecule has 1 amide bonds. The quantitative estimate of drug-likeness (QED) is 0.599. The van der Waals surface area contributed by atoms with Crippen molar-refractivity contribution in [1.29, 1.82) is 0 Å². The van der Waals surface area contributed by atoms with Crippen molar-refractivity contribution in [3.8, 4) is 0 Å². The molecule has 0 aliphatic carbocycles. The third kappa shape index (κ3) is 5.16. The lowest BCUT2D eigenvalue weighted by Crippen LogP contribution is -2.53. The average molecular weight is 503 g/mol. The summed E-state index contributed by atoms with van der Waals surface area (Å²) in [5.41, 5.74) is -0.840. The second-order valence-corrected chi connectivity index (χ2v) is 10.8. The Morgan fingerprint density at radius 1 is 1.03 bits per heavy atom. The van der Waals surface area contributed by atoms with Crippen molar-refractivity contribution in [3.05, 3.63) is 59.3 Å². The van der Waals surface area contributed by atoms with Gasteiger partial charge in [-0.25, -0.2) is 22.2 Å². The van der Waals surface area contributed by atoms with E-state index in [9.17, 15) is 35.2 Å². The van der Waals surface area contributed by atoms with Crippen LogP contribution in [0, 0.1) is 17.6 Å². The van der Waals surface area contributed by atoms with Crippen LogP contribution in [-0.2, 0) is 20.8 Å². The van der Waals surface area contributed by atoms with Crippen LogP contribution >= 0.6 is 0 Å². The van der Waals surface area contributed by atoms with E-state index in [1.165, 1.54) is 17.0 Å². The van der Waals surface area contributed by atoms with Crippen molar-refractivity contribution in [3.63, 3.8) is 0 Å². The molecule has 0 N–H and O–H groups in total. The molecule has 0 radical (unpaired) electrons. The first kappa shape index (κ1) is 24.4. The first-order chi connectivity index (χ1) is 15.9. The monoisotopic (exact) mass is 503 g/mol. The van der Waals surface area contributed by atoms with E-state index < -0.39 is 45.2 Å². The Morgan fingerprint density at radius 2 is 1.74 bits per heavy atom. The van der Waals surface area contributed by atoms with Crippen molar-refractivity contribution in [2.75, 3.05) is 36.0 Å². The third-order valence-electron chi connectivity index (χ3n) is 6.29. The number of rotatable bonds is 3. The molecular weight excluding hydrogens is 481 g/mol. The molecule has 4 rings (SSSR count). The summed E-state index contributed by atoms with van der Waals surface area (Å²) >= 11 is 0. The summed E-state index contributed by atoms with van der Waals surface area (Å²) in [6, 6.07) is 4.28. The molecule has 2 aliphatic heterocycles. The number of amides is 1. The van der Waals surface area contributed by atoms with E-state index in [2.05, 4.69) is 4.98 Å². The number of piperazine rings is 1. The van der Waals surface area contributed by atoms with Gasteiger partial charge in [-0.15, -0.1) is 0 Å². The van der Waals surface area contributed by atoms with E-state index in [0.717, 1.165) is 12.1 Å². The number of hydrogen-bond acceptors (Lipinski definition) is 5. The summed E-state index contributed by atoms with van der Waals surface area (Å²) in [6.45, 7) is 0.373. The summed E-state index contributed by atoms with van der Waals surface area (Å²) in [5, 5.41) is 0. The molecule has 3 heterocycles. The van der Waals surface area contributed by atoms with Gasteiger partial charge in [-0.2, -0.15) is 13.2 Å². The van der Waals surface area contributed by atoms with Gasteiger partial charge in [0.05, 0.1) is 23.1 Å². The number of anilines is 1. The zero-order chi connectivity index (χ0) is 24.7.